The highest BCUT2D eigenvalue weighted by molar-refractivity contribution is 5.97. The number of rotatable bonds is 9. The van der Waals surface area contributed by atoms with E-state index in [2.05, 4.69) is 26.3 Å². The molecule has 176 valence electrons. The fourth-order valence-corrected chi connectivity index (χ4v) is 2.59. The molecule has 0 saturated carbocycles. The third-order valence-corrected chi connectivity index (χ3v) is 4.01. The number of guanidine groups is 1. The Bertz CT molecular complexity index is 866. The first-order valence-electron chi connectivity index (χ1n) is 10.0. The van der Waals surface area contributed by atoms with E-state index < -0.39 is 36.2 Å². The van der Waals surface area contributed by atoms with Crippen molar-refractivity contribution in [3.63, 3.8) is 0 Å². The first kappa shape index (κ1) is 24.6. The Kier molecular flexibility index (Phi) is 8.50. The zero-order chi connectivity index (χ0) is 23.7. The Morgan fingerprint density at radius 3 is 2.62 bits per heavy atom. The van der Waals surface area contributed by atoms with Gasteiger partial charge in [0.25, 0.3) is 5.91 Å². The summed E-state index contributed by atoms with van der Waals surface area (Å²) >= 11 is 0. The van der Waals surface area contributed by atoms with Crippen LogP contribution in [0.3, 0.4) is 0 Å². The molecule has 2 amide bonds. The van der Waals surface area contributed by atoms with Crippen LogP contribution in [0.4, 0.5) is 4.79 Å². The van der Waals surface area contributed by atoms with E-state index in [1.807, 2.05) is 0 Å². The number of amides is 2. The van der Waals surface area contributed by atoms with Crippen molar-refractivity contribution in [2.24, 2.45) is 4.99 Å². The summed E-state index contributed by atoms with van der Waals surface area (Å²) in [5.41, 5.74) is -0.870. The van der Waals surface area contributed by atoms with Gasteiger partial charge in [0.15, 0.2) is 5.96 Å². The molecule has 12 nitrogen and oxygen atoms in total. The fourth-order valence-electron chi connectivity index (χ4n) is 2.59. The van der Waals surface area contributed by atoms with Crippen molar-refractivity contribution < 1.29 is 34.1 Å². The van der Waals surface area contributed by atoms with E-state index in [4.69, 9.17) is 9.47 Å². The van der Waals surface area contributed by atoms with Gasteiger partial charge < -0.3 is 41.0 Å². The average Bonchev–Trinajstić information content (AvgIpc) is 3.20. The first-order valence-corrected chi connectivity index (χ1v) is 10.0. The predicted molar refractivity (Wildman–Crippen MR) is 115 cm³/mol. The van der Waals surface area contributed by atoms with E-state index >= 15 is 0 Å². The summed E-state index contributed by atoms with van der Waals surface area (Å²) in [4.78, 5) is 39.7. The van der Waals surface area contributed by atoms with E-state index in [0.29, 0.717) is 24.9 Å². The number of hydrogen-bond acceptors (Lipinski definition) is 9. The number of carboxylic acid groups (broad SMARTS) is 1. The largest absolute Gasteiger partial charge is 0.507 e. The quantitative estimate of drug-likeness (QED) is 0.283. The van der Waals surface area contributed by atoms with Gasteiger partial charge in [-0.2, -0.15) is 0 Å². The number of phenols is 1. The SMILES string of the molecule is CC(C)(C)OC(=O)N[C@@H](CNC(=O)c1ccc(OCCNC2=NCCN2)cc1O)C(=O)O. The number of carbonyl (C=O) groups excluding carboxylic acids is 2. The van der Waals surface area contributed by atoms with Crippen molar-refractivity contribution in [3.8, 4) is 11.5 Å². The molecule has 0 fully saturated rings. The fraction of sp³-hybridized carbons (Fsp3) is 0.500. The average molecular weight is 451 g/mol. The third kappa shape index (κ3) is 8.20. The number of aliphatic imine (C=N–C) groups is 1. The van der Waals surface area contributed by atoms with Crippen molar-refractivity contribution in [2.45, 2.75) is 32.4 Å². The molecule has 1 atom stereocenters. The molecule has 1 aliphatic rings. The summed E-state index contributed by atoms with van der Waals surface area (Å²) in [5, 5.41) is 30.1. The number of hydrogen-bond donors (Lipinski definition) is 6. The molecule has 0 unspecified atom stereocenters. The summed E-state index contributed by atoms with van der Waals surface area (Å²) in [7, 11) is 0. The van der Waals surface area contributed by atoms with Crippen molar-refractivity contribution >= 4 is 23.9 Å². The van der Waals surface area contributed by atoms with E-state index in [9.17, 15) is 24.6 Å². The number of ether oxygens (including phenoxy) is 2. The van der Waals surface area contributed by atoms with Crippen LogP contribution in [0.1, 0.15) is 31.1 Å². The Morgan fingerprint density at radius 1 is 1.28 bits per heavy atom. The molecular formula is C20H29N5O7. The highest BCUT2D eigenvalue weighted by atomic mass is 16.6. The molecule has 1 aromatic rings. The highest BCUT2D eigenvalue weighted by Gasteiger charge is 2.25. The number of aromatic hydroxyl groups is 1. The number of benzene rings is 1. The Morgan fingerprint density at radius 2 is 2.03 bits per heavy atom. The third-order valence-electron chi connectivity index (χ3n) is 4.01. The minimum atomic E-state index is -1.41. The molecule has 0 aromatic heterocycles. The van der Waals surface area contributed by atoms with E-state index in [0.717, 1.165) is 13.1 Å². The Balaban J connectivity index is 1.84. The molecule has 12 heteroatoms. The van der Waals surface area contributed by atoms with Crippen LogP contribution in [-0.4, -0.2) is 78.6 Å². The van der Waals surface area contributed by atoms with Crippen LogP contribution in [0.15, 0.2) is 23.2 Å². The second-order valence-electron chi connectivity index (χ2n) is 7.86. The molecule has 2 rings (SSSR count). The molecule has 0 bridgehead atoms. The maximum absolute atomic E-state index is 12.3. The van der Waals surface area contributed by atoms with Gasteiger partial charge >= 0.3 is 12.1 Å². The standard InChI is InChI=1S/C20H29N5O7/c1-20(2,3)32-19(30)25-14(17(28)29)11-24-16(27)13-5-4-12(10-15(13)26)31-9-8-23-18-21-6-7-22-18/h4-5,10,14,26H,6-9,11H2,1-3H3,(H,24,27)(H,25,30)(H,28,29)(H2,21,22,23)/t14-/m0/s1. The Hall–Kier alpha value is -3.70. The molecule has 0 radical (unpaired) electrons. The molecule has 0 aliphatic carbocycles. The number of nitrogens with one attached hydrogen (secondary N) is 4. The van der Waals surface area contributed by atoms with Crippen LogP contribution in [0.2, 0.25) is 0 Å². The minimum Gasteiger partial charge on any atom is -0.507 e. The maximum atomic E-state index is 12.3. The number of alkyl carbamates (subject to hydrolysis) is 1. The van der Waals surface area contributed by atoms with E-state index in [-0.39, 0.29) is 11.3 Å². The van der Waals surface area contributed by atoms with Gasteiger partial charge in [-0.15, -0.1) is 0 Å². The lowest BCUT2D eigenvalue weighted by atomic mass is 10.1. The van der Waals surface area contributed by atoms with E-state index in [1.165, 1.54) is 18.2 Å². The molecule has 1 aliphatic heterocycles. The van der Waals surface area contributed by atoms with Crippen LogP contribution >= 0.6 is 0 Å². The lowest BCUT2D eigenvalue weighted by molar-refractivity contribution is -0.139. The van der Waals surface area contributed by atoms with Crippen molar-refractivity contribution in [3.05, 3.63) is 23.8 Å². The zero-order valence-electron chi connectivity index (χ0n) is 18.2. The molecule has 1 heterocycles. The van der Waals surface area contributed by atoms with Crippen LogP contribution < -0.4 is 26.0 Å². The second-order valence-corrected chi connectivity index (χ2v) is 7.86. The van der Waals surface area contributed by atoms with Gasteiger partial charge in [-0.25, -0.2) is 9.59 Å². The van der Waals surface area contributed by atoms with Crippen LogP contribution in [0, 0.1) is 0 Å². The number of nitrogens with zero attached hydrogens (tertiary/aromatic N) is 1. The summed E-state index contributed by atoms with van der Waals surface area (Å²) in [6.45, 7) is 6.83. The lowest BCUT2D eigenvalue weighted by Gasteiger charge is -2.22. The topological polar surface area (TPSA) is 171 Å². The van der Waals surface area contributed by atoms with Gasteiger partial charge in [-0.3, -0.25) is 9.79 Å². The monoisotopic (exact) mass is 451 g/mol. The Labute approximate surface area is 185 Å². The molecule has 0 spiro atoms. The minimum absolute atomic E-state index is 0.0682. The summed E-state index contributed by atoms with van der Waals surface area (Å²) in [6, 6.07) is 2.74. The number of carboxylic acids is 1. The molecule has 6 N–H and O–H groups in total. The number of aliphatic carboxylic acids is 1. The molecule has 0 saturated heterocycles. The van der Waals surface area contributed by atoms with Crippen molar-refractivity contribution in [1.29, 1.82) is 0 Å². The maximum Gasteiger partial charge on any atom is 0.408 e. The molecule has 1 aromatic carbocycles. The number of phenolic OH excluding ortho intramolecular Hbond substituents is 1. The van der Waals surface area contributed by atoms with Crippen LogP contribution in [0.5, 0.6) is 11.5 Å². The van der Waals surface area contributed by atoms with Crippen molar-refractivity contribution in [2.75, 3.05) is 32.8 Å². The van der Waals surface area contributed by atoms with Crippen LogP contribution in [-0.2, 0) is 9.53 Å². The summed E-state index contributed by atoms with van der Waals surface area (Å²) in [6.07, 6.45) is -0.922. The van der Waals surface area contributed by atoms with Gasteiger partial charge in [0.2, 0.25) is 0 Å². The number of carbonyl (C=O) groups is 3. The summed E-state index contributed by atoms with van der Waals surface area (Å²) in [5.74, 6) is -1.32. The smallest absolute Gasteiger partial charge is 0.408 e. The van der Waals surface area contributed by atoms with Gasteiger partial charge in [0.1, 0.15) is 29.7 Å². The van der Waals surface area contributed by atoms with Gasteiger partial charge in [-0.1, -0.05) is 0 Å². The molecular weight excluding hydrogens is 422 g/mol. The van der Waals surface area contributed by atoms with Crippen molar-refractivity contribution in [1.82, 2.24) is 21.3 Å². The first-order chi connectivity index (χ1) is 15.0. The zero-order valence-corrected chi connectivity index (χ0v) is 18.2. The normalized spacial score (nSPS) is 13.9. The van der Waals surface area contributed by atoms with Gasteiger partial charge in [0, 0.05) is 19.2 Å². The van der Waals surface area contributed by atoms with Gasteiger partial charge in [0.05, 0.1) is 18.7 Å². The lowest BCUT2D eigenvalue weighted by Crippen LogP contribution is -2.49. The second kappa shape index (κ2) is 11.1. The molecule has 32 heavy (non-hydrogen) atoms. The predicted octanol–water partition coefficient (Wildman–Crippen LogP) is 0.0275. The van der Waals surface area contributed by atoms with E-state index in [1.54, 1.807) is 20.8 Å². The van der Waals surface area contributed by atoms with Gasteiger partial charge in [-0.05, 0) is 32.9 Å². The summed E-state index contributed by atoms with van der Waals surface area (Å²) < 4.78 is 10.5. The highest BCUT2D eigenvalue weighted by Crippen LogP contribution is 2.23. The van der Waals surface area contributed by atoms with Crippen LogP contribution in [0.25, 0.3) is 0 Å².